The predicted octanol–water partition coefficient (Wildman–Crippen LogP) is 7.01. The molecule has 0 amide bonds. The molecule has 140 valence electrons. The summed E-state index contributed by atoms with van der Waals surface area (Å²) in [6, 6.07) is 27.9. The molecule has 4 rings (SSSR count). The topological polar surface area (TPSA) is 32.7 Å². The molecule has 0 N–H and O–H groups in total. The smallest absolute Gasteiger partial charge is 0.158 e. The second-order valence-corrected chi connectivity index (χ2v) is 10.4. The van der Waals surface area contributed by atoms with Gasteiger partial charge in [-0.2, -0.15) is 5.10 Å². The fraction of sp³-hybridized carbons (Fsp3) is 0.0870. The van der Waals surface area contributed by atoms with E-state index >= 15 is 0 Å². The van der Waals surface area contributed by atoms with Crippen LogP contribution in [0, 0.1) is 0 Å². The van der Waals surface area contributed by atoms with Crippen molar-refractivity contribution in [2.45, 2.75) is 6.92 Å². The summed E-state index contributed by atoms with van der Waals surface area (Å²) in [5, 5.41) is 6.84. The predicted molar refractivity (Wildman–Crippen MR) is 122 cm³/mol. The Morgan fingerprint density at radius 3 is 2.07 bits per heavy atom. The maximum atomic E-state index is 13.9. The lowest BCUT2D eigenvalue weighted by Crippen LogP contribution is -2.23. The molecule has 1 unspecified atom stereocenters. The summed E-state index contributed by atoms with van der Waals surface area (Å²) >= 11 is 3.47. The second-order valence-electron chi connectivity index (χ2n) is 6.57. The Labute approximate surface area is 173 Å². The molecule has 1 heterocycles. The largest absolute Gasteiger partial charge is 0.313 e. The molecule has 0 fully saturated rings. The summed E-state index contributed by atoms with van der Waals surface area (Å²) in [4.78, 5) is 0. The normalized spacial score (nSPS) is 19.1. The fourth-order valence-corrected chi connectivity index (χ4v) is 5.57. The number of hydrazone groups is 1. The molecule has 5 heteroatoms. The average Bonchev–Trinajstić information content (AvgIpc) is 2.75. The van der Waals surface area contributed by atoms with Crippen LogP contribution in [-0.2, 0) is 4.57 Å². The van der Waals surface area contributed by atoms with Crippen LogP contribution in [0.2, 0.25) is 0 Å². The second kappa shape index (κ2) is 7.90. The lowest BCUT2D eigenvalue weighted by atomic mass is 10.1. The molecule has 0 saturated carbocycles. The van der Waals surface area contributed by atoms with Gasteiger partial charge in [-0.3, -0.25) is 0 Å². The van der Waals surface area contributed by atoms with Gasteiger partial charge < -0.3 is 4.57 Å². The van der Waals surface area contributed by atoms with E-state index in [9.17, 15) is 4.57 Å². The van der Waals surface area contributed by atoms with Crippen molar-refractivity contribution in [3.05, 3.63) is 106 Å². The van der Waals surface area contributed by atoms with Crippen molar-refractivity contribution in [3.63, 3.8) is 0 Å². The summed E-state index contributed by atoms with van der Waals surface area (Å²) in [5.74, 6) is 1.93. The van der Waals surface area contributed by atoms with Crippen LogP contribution in [0.15, 0.2) is 100 Å². The van der Waals surface area contributed by atoms with Crippen molar-refractivity contribution in [3.8, 4) is 0 Å². The monoisotopic (exact) mass is 450 g/mol. The standard InChI is InChI=1S/C23H20BrN2OP/c1-2-28(27)17-22(18-9-5-3-6-10-18)26(21-11-7-4-8-12-21)25-23(28)19-13-15-20(24)16-14-19/h3-17H,2H2,1H3. The highest BCUT2D eigenvalue weighted by molar-refractivity contribution is 9.10. The first-order valence-corrected chi connectivity index (χ1v) is 11.9. The molecule has 1 atom stereocenters. The molecule has 0 aliphatic carbocycles. The van der Waals surface area contributed by atoms with Gasteiger partial charge in [0.25, 0.3) is 0 Å². The first kappa shape index (κ1) is 18.9. The Bertz CT molecular complexity index is 1080. The molecule has 0 saturated heterocycles. The fourth-order valence-electron chi connectivity index (χ4n) is 3.23. The van der Waals surface area contributed by atoms with Gasteiger partial charge in [-0.25, -0.2) is 5.01 Å². The van der Waals surface area contributed by atoms with Crippen LogP contribution in [0.3, 0.4) is 0 Å². The Morgan fingerprint density at radius 1 is 0.857 bits per heavy atom. The van der Waals surface area contributed by atoms with Crippen LogP contribution in [0.5, 0.6) is 0 Å². The van der Waals surface area contributed by atoms with E-state index in [0.717, 1.165) is 27.0 Å². The molecule has 28 heavy (non-hydrogen) atoms. The minimum atomic E-state index is -2.79. The maximum Gasteiger partial charge on any atom is 0.158 e. The molecular formula is C23H20BrN2OP. The molecule has 3 aromatic rings. The zero-order valence-electron chi connectivity index (χ0n) is 15.5. The molecule has 0 bridgehead atoms. The number of benzene rings is 3. The number of nitrogens with zero attached hydrogens (tertiary/aromatic N) is 2. The van der Waals surface area contributed by atoms with Crippen LogP contribution < -0.4 is 5.01 Å². The summed E-state index contributed by atoms with van der Waals surface area (Å²) < 4.78 is 14.9. The Balaban J connectivity index is 1.92. The summed E-state index contributed by atoms with van der Waals surface area (Å²) in [6.45, 7) is 1.96. The third kappa shape index (κ3) is 3.63. The summed E-state index contributed by atoms with van der Waals surface area (Å²) in [5.41, 5.74) is 4.33. The van der Waals surface area contributed by atoms with E-state index in [2.05, 4.69) is 15.9 Å². The van der Waals surface area contributed by atoms with Gasteiger partial charge in [0.1, 0.15) is 5.45 Å². The van der Waals surface area contributed by atoms with Crippen molar-refractivity contribution in [2.75, 3.05) is 11.2 Å². The van der Waals surface area contributed by atoms with Crippen LogP contribution in [0.25, 0.3) is 5.70 Å². The van der Waals surface area contributed by atoms with Crippen LogP contribution >= 0.6 is 23.1 Å². The van der Waals surface area contributed by atoms with Crippen molar-refractivity contribution >= 4 is 39.9 Å². The minimum Gasteiger partial charge on any atom is -0.313 e. The van der Waals surface area contributed by atoms with Crippen molar-refractivity contribution in [1.29, 1.82) is 0 Å². The van der Waals surface area contributed by atoms with E-state index in [-0.39, 0.29) is 0 Å². The van der Waals surface area contributed by atoms with E-state index in [1.807, 2.05) is 103 Å². The van der Waals surface area contributed by atoms with Gasteiger partial charge in [-0.15, -0.1) is 0 Å². The lowest BCUT2D eigenvalue weighted by Gasteiger charge is -2.31. The van der Waals surface area contributed by atoms with Crippen LogP contribution in [0.1, 0.15) is 18.1 Å². The Kier molecular flexibility index (Phi) is 5.34. The van der Waals surface area contributed by atoms with E-state index in [4.69, 9.17) is 5.10 Å². The summed E-state index contributed by atoms with van der Waals surface area (Å²) in [6.07, 6.45) is 0.529. The number of para-hydroxylation sites is 1. The molecule has 0 spiro atoms. The number of rotatable bonds is 4. The SMILES string of the molecule is CCP1(=O)C=C(c2ccccc2)N(c2ccccc2)N=C1c1ccc(Br)cc1. The minimum absolute atomic E-state index is 0.529. The Hall–Kier alpha value is -2.42. The zero-order chi connectivity index (χ0) is 19.6. The molecular weight excluding hydrogens is 431 g/mol. The quantitative estimate of drug-likeness (QED) is 0.400. The first-order chi connectivity index (χ1) is 13.6. The van der Waals surface area contributed by atoms with Crippen LogP contribution in [0.4, 0.5) is 5.69 Å². The average molecular weight is 451 g/mol. The third-order valence-electron chi connectivity index (χ3n) is 4.75. The highest BCUT2D eigenvalue weighted by Gasteiger charge is 2.34. The highest BCUT2D eigenvalue weighted by Crippen LogP contribution is 2.56. The van der Waals surface area contributed by atoms with Gasteiger partial charge >= 0.3 is 0 Å². The van der Waals surface area contributed by atoms with E-state index in [1.165, 1.54) is 0 Å². The zero-order valence-corrected chi connectivity index (χ0v) is 18.0. The van der Waals surface area contributed by atoms with Gasteiger partial charge in [0.2, 0.25) is 0 Å². The third-order valence-corrected chi connectivity index (χ3v) is 7.95. The first-order valence-electron chi connectivity index (χ1n) is 9.18. The van der Waals surface area contributed by atoms with Gasteiger partial charge in [0.15, 0.2) is 7.14 Å². The molecule has 0 aromatic heterocycles. The van der Waals surface area contributed by atoms with Gasteiger partial charge in [0, 0.05) is 27.6 Å². The van der Waals surface area contributed by atoms with Gasteiger partial charge in [-0.05, 0) is 24.3 Å². The number of halogens is 1. The van der Waals surface area contributed by atoms with E-state index in [0.29, 0.717) is 11.6 Å². The number of hydrogen-bond donors (Lipinski definition) is 0. The number of anilines is 1. The van der Waals surface area contributed by atoms with E-state index < -0.39 is 7.14 Å². The molecule has 3 aromatic carbocycles. The molecule has 3 nitrogen and oxygen atoms in total. The maximum absolute atomic E-state index is 13.9. The van der Waals surface area contributed by atoms with Crippen molar-refractivity contribution < 1.29 is 4.57 Å². The van der Waals surface area contributed by atoms with Crippen LogP contribution in [-0.4, -0.2) is 11.6 Å². The van der Waals surface area contributed by atoms with Gasteiger partial charge in [-0.1, -0.05) is 83.5 Å². The van der Waals surface area contributed by atoms with E-state index in [1.54, 1.807) is 0 Å². The highest BCUT2D eigenvalue weighted by atomic mass is 79.9. The molecule has 1 aliphatic rings. The van der Waals surface area contributed by atoms with Crippen molar-refractivity contribution in [1.82, 2.24) is 0 Å². The van der Waals surface area contributed by atoms with Gasteiger partial charge in [0.05, 0.1) is 11.4 Å². The number of hydrogen-bond acceptors (Lipinski definition) is 3. The van der Waals surface area contributed by atoms with Crippen molar-refractivity contribution in [2.24, 2.45) is 5.10 Å². The summed E-state index contributed by atoms with van der Waals surface area (Å²) in [7, 11) is -2.79. The molecule has 0 radical (unpaired) electrons. The molecule has 1 aliphatic heterocycles. The lowest BCUT2D eigenvalue weighted by molar-refractivity contribution is 0.588. The Morgan fingerprint density at radius 2 is 1.46 bits per heavy atom.